The number of nitrogens with zero attached hydrogens (tertiary/aromatic N) is 1. The summed E-state index contributed by atoms with van der Waals surface area (Å²) < 4.78 is 30.0. The van der Waals surface area contributed by atoms with Crippen LogP contribution in [0, 0.1) is 12.8 Å². The molecule has 0 amide bonds. The first-order chi connectivity index (χ1) is 15.1. The number of aliphatic carboxylic acids is 1. The number of ether oxygens (including phenoxy) is 1. The van der Waals surface area contributed by atoms with Gasteiger partial charge in [-0.25, -0.2) is 0 Å². The van der Waals surface area contributed by atoms with Crippen LogP contribution in [0.2, 0.25) is 0 Å². The summed E-state index contributed by atoms with van der Waals surface area (Å²) >= 11 is 0. The highest BCUT2D eigenvalue weighted by Crippen LogP contribution is 2.57. The lowest BCUT2D eigenvalue weighted by Gasteiger charge is -2.42. The topological polar surface area (TPSA) is 90.2 Å². The van der Waals surface area contributed by atoms with Crippen molar-refractivity contribution in [2.24, 2.45) is 5.92 Å². The van der Waals surface area contributed by atoms with Crippen molar-refractivity contribution in [2.75, 3.05) is 6.54 Å². The second-order valence-electron chi connectivity index (χ2n) is 9.17. The lowest BCUT2D eigenvalue weighted by Crippen LogP contribution is -2.33. The average molecular weight is 462 g/mol. The van der Waals surface area contributed by atoms with Gasteiger partial charge in [-0.05, 0) is 60.9 Å². The third kappa shape index (κ3) is 5.84. The van der Waals surface area contributed by atoms with Gasteiger partial charge in [-0.2, -0.15) is 4.31 Å². The van der Waals surface area contributed by atoms with Gasteiger partial charge in [0, 0.05) is 6.54 Å². The molecule has 32 heavy (non-hydrogen) atoms. The van der Waals surface area contributed by atoms with Crippen LogP contribution in [0.3, 0.4) is 0 Å². The summed E-state index contributed by atoms with van der Waals surface area (Å²) in [5.41, 5.74) is 2.99. The van der Waals surface area contributed by atoms with Crippen molar-refractivity contribution in [3.05, 3.63) is 59.2 Å². The van der Waals surface area contributed by atoms with E-state index in [1.54, 1.807) is 22.5 Å². The molecule has 2 aromatic rings. The normalized spacial score (nSPS) is 20.2. The highest BCUT2D eigenvalue weighted by molar-refractivity contribution is 8.22. The van der Waals surface area contributed by atoms with Crippen LogP contribution < -0.4 is 4.74 Å². The first-order valence-electron chi connectivity index (χ1n) is 11.2. The highest BCUT2D eigenvalue weighted by atomic mass is 32.3. The molecule has 1 aliphatic rings. The Morgan fingerprint density at radius 1 is 1.19 bits per heavy atom. The molecule has 0 spiro atoms. The van der Waals surface area contributed by atoms with Crippen LogP contribution in [0.15, 0.2) is 47.4 Å². The molecule has 176 valence electrons. The van der Waals surface area contributed by atoms with Crippen molar-refractivity contribution in [1.82, 2.24) is 4.31 Å². The predicted octanol–water partition coefficient (Wildman–Crippen LogP) is 6.30. The van der Waals surface area contributed by atoms with Crippen molar-refractivity contribution >= 4 is 16.7 Å². The summed E-state index contributed by atoms with van der Waals surface area (Å²) in [6.07, 6.45) is 1.65. The zero-order valence-electron chi connectivity index (χ0n) is 19.3. The van der Waals surface area contributed by atoms with Gasteiger partial charge in [0.2, 0.25) is 0 Å². The Balaban J connectivity index is 1.91. The number of aryl methyl sites for hydroxylation is 1. The monoisotopic (exact) mass is 461 g/mol. The predicted molar refractivity (Wildman–Crippen MR) is 128 cm³/mol. The fraction of sp³-hybridized carbons (Fsp3) is 0.480. The molecule has 7 heteroatoms. The molecule has 2 atom stereocenters. The minimum absolute atomic E-state index is 0.0678. The van der Waals surface area contributed by atoms with Gasteiger partial charge in [-0.15, -0.1) is 10.8 Å². The Labute approximate surface area is 192 Å². The fourth-order valence-electron chi connectivity index (χ4n) is 4.15. The summed E-state index contributed by atoms with van der Waals surface area (Å²) in [7, 11) is -3.23. The van der Waals surface area contributed by atoms with Gasteiger partial charge in [0.25, 0.3) is 0 Å². The van der Waals surface area contributed by atoms with Gasteiger partial charge in [0.05, 0.1) is 13.0 Å². The van der Waals surface area contributed by atoms with E-state index in [9.17, 15) is 19.0 Å². The number of benzene rings is 2. The SMILES string of the molecule is Cc1ccc(C(CCC(C)C)CC(=O)O)cc1CN1C[C@@H](C)Oc2ccccc2S1(O)O. The van der Waals surface area contributed by atoms with E-state index in [2.05, 4.69) is 13.8 Å². The van der Waals surface area contributed by atoms with Gasteiger partial charge < -0.3 is 9.84 Å². The Morgan fingerprint density at radius 3 is 2.59 bits per heavy atom. The maximum absolute atomic E-state index is 11.5. The van der Waals surface area contributed by atoms with E-state index in [-0.39, 0.29) is 18.4 Å². The molecule has 3 rings (SSSR count). The van der Waals surface area contributed by atoms with Crippen molar-refractivity contribution in [3.8, 4) is 5.75 Å². The van der Waals surface area contributed by atoms with E-state index >= 15 is 0 Å². The number of carboxylic acid groups (broad SMARTS) is 1. The Kier molecular flexibility index (Phi) is 7.88. The van der Waals surface area contributed by atoms with Crippen molar-refractivity contribution in [3.63, 3.8) is 0 Å². The van der Waals surface area contributed by atoms with Crippen LogP contribution in [0.25, 0.3) is 0 Å². The number of fused-ring (bicyclic) bond motifs is 1. The largest absolute Gasteiger partial charge is 0.487 e. The molecule has 0 aromatic heterocycles. The van der Waals surface area contributed by atoms with E-state index < -0.39 is 16.7 Å². The number of hydrogen-bond acceptors (Lipinski definition) is 5. The molecule has 2 aromatic carbocycles. The van der Waals surface area contributed by atoms with E-state index in [0.717, 1.165) is 29.5 Å². The van der Waals surface area contributed by atoms with Crippen LogP contribution in [-0.2, 0) is 11.3 Å². The van der Waals surface area contributed by atoms with Crippen LogP contribution in [0.1, 0.15) is 62.6 Å². The zero-order valence-corrected chi connectivity index (χ0v) is 20.1. The lowest BCUT2D eigenvalue weighted by molar-refractivity contribution is -0.137. The van der Waals surface area contributed by atoms with E-state index in [1.165, 1.54) is 0 Å². The molecule has 3 N–H and O–H groups in total. The summed E-state index contributed by atoms with van der Waals surface area (Å²) in [5, 5.41) is 9.43. The third-order valence-electron chi connectivity index (χ3n) is 6.00. The van der Waals surface area contributed by atoms with Crippen LogP contribution in [0.5, 0.6) is 5.75 Å². The molecule has 0 aliphatic carbocycles. The average Bonchev–Trinajstić information content (AvgIpc) is 2.80. The van der Waals surface area contributed by atoms with Gasteiger partial charge in [0.1, 0.15) is 16.7 Å². The van der Waals surface area contributed by atoms with Crippen LogP contribution in [0.4, 0.5) is 0 Å². The van der Waals surface area contributed by atoms with Gasteiger partial charge >= 0.3 is 5.97 Å². The highest BCUT2D eigenvalue weighted by Gasteiger charge is 2.34. The second kappa shape index (κ2) is 10.3. The molecule has 0 radical (unpaired) electrons. The quantitative estimate of drug-likeness (QED) is 0.427. The molecule has 0 fully saturated rings. The second-order valence-corrected chi connectivity index (χ2v) is 11.2. The van der Waals surface area contributed by atoms with E-state index in [4.69, 9.17) is 4.74 Å². The molecule has 0 saturated heterocycles. The number of carbonyl (C=O) groups is 1. The van der Waals surface area contributed by atoms with E-state index in [1.807, 2.05) is 38.1 Å². The smallest absolute Gasteiger partial charge is 0.303 e. The Hall–Kier alpha value is -2.06. The minimum Gasteiger partial charge on any atom is -0.487 e. The third-order valence-corrected chi connectivity index (χ3v) is 7.92. The number of hydrogen-bond donors (Lipinski definition) is 3. The summed E-state index contributed by atoms with van der Waals surface area (Å²) in [4.78, 5) is 11.9. The summed E-state index contributed by atoms with van der Waals surface area (Å²) in [5.74, 6) is 0.137. The van der Waals surface area contributed by atoms with Crippen molar-refractivity contribution < 1.29 is 23.7 Å². The van der Waals surface area contributed by atoms with Gasteiger partial charge in [-0.1, -0.05) is 50.6 Å². The number of carboxylic acids is 1. The zero-order chi connectivity index (χ0) is 23.5. The molecular formula is C25H35NO5S. The molecular weight excluding hydrogens is 426 g/mol. The minimum atomic E-state index is -3.23. The molecule has 1 aliphatic heterocycles. The molecule has 0 bridgehead atoms. The van der Waals surface area contributed by atoms with Gasteiger partial charge in [-0.3, -0.25) is 13.9 Å². The van der Waals surface area contributed by atoms with Crippen molar-refractivity contribution in [1.29, 1.82) is 0 Å². The van der Waals surface area contributed by atoms with E-state index in [0.29, 0.717) is 29.7 Å². The molecule has 1 heterocycles. The van der Waals surface area contributed by atoms with Crippen LogP contribution in [-0.4, -0.2) is 37.1 Å². The maximum atomic E-state index is 11.5. The standard InChI is InChI=1S/C25H35NO5S/c1-17(2)9-11-21(14-25(27)28)20-12-10-18(3)22(13-20)16-26-15-19(4)31-23-7-5-6-8-24(23)32(26,29)30/h5-8,10,12-13,17,19,21,29-30H,9,11,14-16H2,1-4H3,(H,27,28)/t19-,21?/m1/s1. The first kappa shape index (κ1) is 24.6. The summed E-state index contributed by atoms with van der Waals surface area (Å²) in [6.45, 7) is 8.91. The fourth-order valence-corrected chi connectivity index (χ4v) is 5.81. The molecule has 1 unspecified atom stereocenters. The maximum Gasteiger partial charge on any atom is 0.303 e. The summed E-state index contributed by atoms with van der Waals surface area (Å²) in [6, 6.07) is 13.1. The number of rotatable bonds is 8. The van der Waals surface area contributed by atoms with Gasteiger partial charge in [0.15, 0.2) is 0 Å². The van der Waals surface area contributed by atoms with Crippen LogP contribution >= 0.6 is 10.8 Å². The Morgan fingerprint density at radius 2 is 1.91 bits per heavy atom. The first-order valence-corrected chi connectivity index (χ1v) is 12.7. The molecule has 0 saturated carbocycles. The van der Waals surface area contributed by atoms with Crippen molar-refractivity contribution in [2.45, 2.75) is 70.4 Å². The molecule has 6 nitrogen and oxygen atoms in total. The number of para-hydroxylation sites is 1. The lowest BCUT2D eigenvalue weighted by atomic mass is 9.87. The Bertz CT molecular complexity index is 946.